The van der Waals surface area contributed by atoms with Crippen LogP contribution in [0.15, 0.2) is 42.7 Å². The van der Waals surface area contributed by atoms with Gasteiger partial charge in [0, 0.05) is 18.9 Å². The van der Waals surface area contributed by atoms with Gasteiger partial charge in [-0.1, -0.05) is 56.0 Å². The van der Waals surface area contributed by atoms with Crippen molar-refractivity contribution in [1.82, 2.24) is 25.5 Å². The molecule has 1 aliphatic heterocycles. The van der Waals surface area contributed by atoms with Crippen LogP contribution in [0.4, 0.5) is 5.95 Å². The van der Waals surface area contributed by atoms with E-state index >= 15 is 0 Å². The molecule has 2 atom stereocenters. The Balaban J connectivity index is 1.43. The third-order valence-corrected chi connectivity index (χ3v) is 6.49. The van der Waals surface area contributed by atoms with Crippen molar-refractivity contribution in [2.75, 3.05) is 18.4 Å². The number of aromatic amines is 1. The van der Waals surface area contributed by atoms with Gasteiger partial charge >= 0.3 is 0 Å². The molecule has 10 nitrogen and oxygen atoms in total. The number of anilines is 1. The maximum absolute atomic E-state index is 13.6. The summed E-state index contributed by atoms with van der Waals surface area (Å²) in [6.07, 6.45) is 9.40. The fraction of sp³-hybridized carbons (Fsp3) is 0.500. The lowest BCUT2D eigenvalue weighted by Gasteiger charge is -2.30. The molecular weight excluding hydrogens is 436 g/mol. The first kappa shape index (κ1) is 23.9. The lowest BCUT2D eigenvalue weighted by Crippen LogP contribution is -2.52. The van der Waals surface area contributed by atoms with Crippen molar-refractivity contribution >= 4 is 24.2 Å². The largest absolute Gasteiger partial charge is 0.331 e. The van der Waals surface area contributed by atoms with E-state index in [4.69, 9.17) is 4.84 Å². The Kier molecular flexibility index (Phi) is 8.26. The van der Waals surface area contributed by atoms with E-state index in [0.29, 0.717) is 37.7 Å². The van der Waals surface area contributed by atoms with E-state index < -0.39 is 12.0 Å². The number of H-pyrrole nitrogens is 1. The second-order valence-electron chi connectivity index (χ2n) is 8.90. The molecule has 2 heterocycles. The van der Waals surface area contributed by atoms with Crippen molar-refractivity contribution in [2.45, 2.75) is 51.2 Å². The molecule has 1 aromatic heterocycles. The Morgan fingerprint density at radius 2 is 2.03 bits per heavy atom. The van der Waals surface area contributed by atoms with E-state index in [-0.39, 0.29) is 25.0 Å². The lowest BCUT2D eigenvalue weighted by atomic mass is 9.92. The number of nitrogens with zero attached hydrogens (tertiary/aromatic N) is 3. The van der Waals surface area contributed by atoms with Crippen molar-refractivity contribution in [2.24, 2.45) is 11.8 Å². The normalized spacial score (nSPS) is 19.2. The van der Waals surface area contributed by atoms with Gasteiger partial charge < -0.3 is 4.98 Å². The fourth-order valence-electron chi connectivity index (χ4n) is 4.75. The second-order valence-corrected chi connectivity index (χ2v) is 8.90. The smallest absolute Gasteiger partial charge is 0.251 e. The number of imidazole rings is 1. The Morgan fingerprint density at radius 3 is 2.74 bits per heavy atom. The molecule has 2 fully saturated rings. The minimum Gasteiger partial charge on any atom is -0.331 e. The minimum atomic E-state index is -0.654. The molecule has 0 spiro atoms. The van der Waals surface area contributed by atoms with E-state index in [9.17, 15) is 14.4 Å². The van der Waals surface area contributed by atoms with Crippen LogP contribution < -0.4 is 10.7 Å². The molecule has 1 saturated carbocycles. The third-order valence-electron chi connectivity index (χ3n) is 6.49. The molecule has 2 aromatic rings. The zero-order valence-electron chi connectivity index (χ0n) is 19.2. The summed E-state index contributed by atoms with van der Waals surface area (Å²) in [5.41, 5.74) is 4.00. The van der Waals surface area contributed by atoms with Crippen molar-refractivity contribution in [3.63, 3.8) is 0 Å². The maximum Gasteiger partial charge on any atom is 0.251 e. The monoisotopic (exact) mass is 468 g/mol. The number of carbonyl (C=O) groups excluding carboxylic acids is 3. The number of benzene rings is 1. The Labute approximate surface area is 199 Å². The van der Waals surface area contributed by atoms with E-state index in [1.807, 2.05) is 30.3 Å². The first-order valence-corrected chi connectivity index (χ1v) is 11.9. The molecule has 2 aliphatic rings. The zero-order valence-corrected chi connectivity index (χ0v) is 19.2. The molecular formula is C24H32N6O4. The van der Waals surface area contributed by atoms with Crippen LogP contribution in [0.1, 0.15) is 44.1 Å². The third kappa shape index (κ3) is 6.21. The predicted octanol–water partition coefficient (Wildman–Crippen LogP) is 2.24. The van der Waals surface area contributed by atoms with Gasteiger partial charge in [-0.25, -0.2) is 15.5 Å². The van der Waals surface area contributed by atoms with Crippen LogP contribution in [0.3, 0.4) is 0 Å². The lowest BCUT2D eigenvalue weighted by molar-refractivity contribution is -0.184. The highest BCUT2D eigenvalue weighted by atomic mass is 16.7. The predicted molar refractivity (Wildman–Crippen MR) is 125 cm³/mol. The number of hydrazine groups is 1. The van der Waals surface area contributed by atoms with Gasteiger partial charge in [0.25, 0.3) is 5.91 Å². The van der Waals surface area contributed by atoms with Gasteiger partial charge in [-0.05, 0) is 24.3 Å². The fourth-order valence-corrected chi connectivity index (χ4v) is 4.75. The van der Waals surface area contributed by atoms with Crippen molar-refractivity contribution in [1.29, 1.82) is 0 Å². The topological polar surface area (TPSA) is 120 Å². The van der Waals surface area contributed by atoms with E-state index in [0.717, 1.165) is 31.2 Å². The molecule has 0 bridgehead atoms. The second kappa shape index (κ2) is 11.8. The molecule has 0 unspecified atom stereocenters. The highest BCUT2D eigenvalue weighted by Crippen LogP contribution is 2.32. The summed E-state index contributed by atoms with van der Waals surface area (Å²) in [4.78, 5) is 50.8. The maximum atomic E-state index is 13.6. The first-order valence-electron chi connectivity index (χ1n) is 11.9. The molecule has 10 heteroatoms. The summed E-state index contributed by atoms with van der Waals surface area (Å²) in [6, 6.07) is 8.91. The van der Waals surface area contributed by atoms with Gasteiger partial charge in [0.1, 0.15) is 12.6 Å². The molecule has 182 valence electrons. The van der Waals surface area contributed by atoms with Crippen LogP contribution in [-0.4, -0.2) is 57.4 Å². The van der Waals surface area contributed by atoms with Gasteiger partial charge in [0.05, 0.1) is 12.5 Å². The van der Waals surface area contributed by atoms with Gasteiger partial charge in [-0.2, -0.15) is 0 Å². The molecule has 3 N–H and O–H groups in total. The number of amides is 3. The van der Waals surface area contributed by atoms with Crippen LogP contribution >= 0.6 is 0 Å². The number of hydrogen-bond acceptors (Lipinski definition) is 6. The summed E-state index contributed by atoms with van der Waals surface area (Å²) in [5.74, 6) is -0.212. The molecule has 1 saturated heterocycles. The van der Waals surface area contributed by atoms with Crippen LogP contribution in [0, 0.1) is 11.8 Å². The van der Waals surface area contributed by atoms with Gasteiger partial charge in [-0.3, -0.25) is 29.5 Å². The Bertz CT molecular complexity index is 932. The van der Waals surface area contributed by atoms with Crippen LogP contribution in [0.25, 0.3) is 0 Å². The van der Waals surface area contributed by atoms with Crippen molar-refractivity contribution < 1.29 is 19.2 Å². The summed E-state index contributed by atoms with van der Waals surface area (Å²) >= 11 is 0. The number of carbonyl (C=O) groups is 3. The number of nitrogens with one attached hydrogen (secondary N) is 3. The SMILES string of the molecule is O=CN(C[C@@H](CC1CCCC1)C(=O)N1NCC[C@H]1C(=O)Nc1ncc[nH]1)OCc1ccccc1. The minimum absolute atomic E-state index is 0.135. The highest BCUT2D eigenvalue weighted by Gasteiger charge is 2.39. The summed E-state index contributed by atoms with van der Waals surface area (Å²) in [7, 11) is 0. The molecule has 34 heavy (non-hydrogen) atoms. The number of hydrogen-bond donors (Lipinski definition) is 3. The Hall–Kier alpha value is -3.24. The first-order chi connectivity index (χ1) is 16.6. The van der Waals surface area contributed by atoms with Crippen molar-refractivity contribution in [3.8, 4) is 0 Å². The average Bonchev–Trinajstić information content (AvgIpc) is 3.64. The zero-order chi connectivity index (χ0) is 23.8. The standard InChI is InChI=1S/C24H32N6O4/c31-17-29(34-16-19-8-2-1-3-9-19)15-20(14-18-6-4-5-7-18)23(33)30-21(10-11-27-30)22(32)28-24-25-12-13-26-24/h1-3,8-9,12-13,17-18,20-21,27H,4-7,10-11,14-16H2,(H2,25,26,28,32)/t20-,21+/m1/s1. The molecule has 3 amide bonds. The summed E-state index contributed by atoms with van der Waals surface area (Å²) in [5, 5.41) is 5.36. The average molecular weight is 469 g/mol. The van der Waals surface area contributed by atoms with E-state index in [2.05, 4.69) is 20.7 Å². The van der Waals surface area contributed by atoms with E-state index in [1.54, 1.807) is 12.4 Å². The molecule has 4 rings (SSSR count). The number of hydroxylamine groups is 2. The molecule has 1 aromatic carbocycles. The van der Waals surface area contributed by atoms with Crippen LogP contribution in [0.5, 0.6) is 0 Å². The molecule has 1 aliphatic carbocycles. The number of rotatable bonds is 11. The van der Waals surface area contributed by atoms with Crippen LogP contribution in [0.2, 0.25) is 0 Å². The van der Waals surface area contributed by atoms with Gasteiger partial charge in [-0.15, -0.1) is 0 Å². The highest BCUT2D eigenvalue weighted by molar-refractivity contribution is 5.96. The van der Waals surface area contributed by atoms with Crippen molar-refractivity contribution in [3.05, 3.63) is 48.3 Å². The van der Waals surface area contributed by atoms with Crippen LogP contribution in [-0.2, 0) is 25.8 Å². The van der Waals surface area contributed by atoms with Gasteiger partial charge in [0.2, 0.25) is 18.3 Å². The van der Waals surface area contributed by atoms with Gasteiger partial charge in [0.15, 0.2) is 0 Å². The quantitative estimate of drug-likeness (QED) is 0.344. The van der Waals surface area contributed by atoms with E-state index in [1.165, 1.54) is 10.1 Å². The summed E-state index contributed by atoms with van der Waals surface area (Å²) in [6.45, 7) is 0.885. The summed E-state index contributed by atoms with van der Waals surface area (Å²) < 4.78 is 0. The molecule has 0 radical (unpaired) electrons. The Morgan fingerprint density at radius 1 is 1.24 bits per heavy atom. The number of aromatic nitrogens is 2.